The molecule has 0 N–H and O–H groups in total. The van der Waals surface area contributed by atoms with Crippen LogP contribution in [-0.4, -0.2) is 0 Å². The minimum absolute atomic E-state index is 0.299. The van der Waals surface area contributed by atoms with Crippen LogP contribution in [0.25, 0.3) is 56.3 Å². The average molecular weight is 1140 g/mol. The number of aryl methyl sites for hydroxylation is 13. The maximum absolute atomic E-state index is 7.64. The highest BCUT2D eigenvalue weighted by atomic mass is 15.0. The van der Waals surface area contributed by atoms with E-state index in [1.807, 2.05) is 24.6 Å². The second kappa shape index (κ2) is 28.6. The van der Waals surface area contributed by atoms with Crippen molar-refractivity contribution in [2.75, 3.05) is 0 Å². The summed E-state index contributed by atoms with van der Waals surface area (Å²) in [5.74, 6) is 0. The third kappa shape index (κ3) is 15.2. The topological polar surface area (TPSA) is 19.4 Å². The van der Waals surface area contributed by atoms with Crippen molar-refractivity contribution in [1.82, 2.24) is 0 Å². The van der Waals surface area contributed by atoms with Crippen LogP contribution >= 0.6 is 0 Å². The minimum atomic E-state index is -2.17. The molecule has 5 heteroatoms. The second-order valence-corrected chi connectivity index (χ2v) is 23.0. The molecule has 10 rings (SSSR count). The van der Waals surface area contributed by atoms with Gasteiger partial charge in [-0.15, -0.1) is 0 Å². The van der Waals surface area contributed by atoms with Crippen molar-refractivity contribution in [1.29, 1.82) is 0 Å². The molecule has 0 radical (unpaired) electrons. The fourth-order valence-corrected chi connectivity index (χ4v) is 10.7. The summed E-state index contributed by atoms with van der Waals surface area (Å²) in [5.41, 5.74) is 31.3. The second-order valence-electron chi connectivity index (χ2n) is 23.0. The highest BCUT2D eigenvalue weighted by Crippen LogP contribution is 2.28. The van der Waals surface area contributed by atoms with Crippen molar-refractivity contribution < 1.29 is 39.3 Å². The third-order valence-corrected chi connectivity index (χ3v) is 17.5. The Bertz CT molecular complexity index is 4510. The molecule has 440 valence electrons. The van der Waals surface area contributed by atoms with Gasteiger partial charge >= 0.3 is 0 Å². The Morgan fingerprint density at radius 3 is 1.07 bits per heavy atom. The Labute approximate surface area is 530 Å². The van der Waals surface area contributed by atoms with E-state index in [9.17, 15) is 0 Å². The first-order valence-corrected chi connectivity index (χ1v) is 29.2. The molecule has 5 aromatic heterocycles. The lowest BCUT2D eigenvalue weighted by atomic mass is 9.98. The molecule has 0 aliphatic heterocycles. The molecule has 0 atom stereocenters. The largest absolute Gasteiger partial charge is 0.215 e. The molecule has 0 saturated heterocycles. The van der Waals surface area contributed by atoms with Crippen LogP contribution in [-0.2, 0) is 35.2 Å². The first-order chi connectivity index (χ1) is 44.9. The van der Waals surface area contributed by atoms with Crippen molar-refractivity contribution >= 4 is 0 Å². The fraction of sp³-hybridized carbons (Fsp3) is 0.312. The van der Waals surface area contributed by atoms with Crippen LogP contribution in [0.5, 0.6) is 0 Å². The molecule has 0 aliphatic carbocycles. The van der Waals surface area contributed by atoms with Crippen LogP contribution in [0.2, 0.25) is 0 Å². The van der Waals surface area contributed by atoms with Crippen LogP contribution in [0.4, 0.5) is 0 Å². The van der Waals surface area contributed by atoms with Gasteiger partial charge in [0.05, 0.1) is 0 Å². The lowest BCUT2D eigenvalue weighted by Gasteiger charge is -2.10. The molecule has 0 unspecified atom stereocenters. The van der Waals surface area contributed by atoms with Crippen LogP contribution in [0.3, 0.4) is 0 Å². The molecule has 10 aromatic rings. The first kappa shape index (κ1) is 50.2. The standard InChI is InChI=1S/5C16H20N/c2*1-11-6-8-15(13(3)10-11)16-9-7-12(2)14(4)17(16)5;2*1-11-7-6-8-15(13(11)3)16-10-9-12(2)14(4)17(16)5;1-11-8-6-7-9-15(11)16-14(4)12(2)10-13(3)17(16)5/h5*6-10H,1-5H3/q5*+1/i1D3,2D3;;1D3,2D3;;. The zero-order chi connectivity index (χ0) is 72.9. The zero-order valence-electron chi connectivity index (χ0n) is 66.7. The maximum atomic E-state index is 7.64. The highest BCUT2D eigenvalue weighted by Gasteiger charge is 2.22. The fourth-order valence-electron chi connectivity index (χ4n) is 10.7. The number of rotatable bonds is 5. The van der Waals surface area contributed by atoms with Gasteiger partial charge < -0.3 is 0 Å². The van der Waals surface area contributed by atoms with Crippen molar-refractivity contribution in [2.45, 2.75) is 138 Å². The normalized spacial score (nSPS) is 13.3. The summed E-state index contributed by atoms with van der Waals surface area (Å²) in [4.78, 5) is 0. The Morgan fingerprint density at radius 2 is 0.624 bits per heavy atom. The van der Waals surface area contributed by atoms with Crippen LogP contribution in [0.1, 0.15) is 128 Å². The number of benzene rings is 5. The van der Waals surface area contributed by atoms with E-state index in [4.69, 9.17) is 16.4 Å². The Morgan fingerprint density at radius 1 is 0.247 bits per heavy atom. The van der Waals surface area contributed by atoms with E-state index < -0.39 is 27.4 Å². The number of aromatic nitrogens is 5. The predicted octanol–water partition coefficient (Wildman–Crippen LogP) is 17.1. The number of nitrogens with zero attached hydrogens (tertiary/aromatic N) is 5. The average Bonchev–Trinajstić information content (AvgIpc) is 0.791. The molecule has 0 aliphatic rings. The van der Waals surface area contributed by atoms with Crippen molar-refractivity contribution in [2.24, 2.45) is 35.2 Å². The number of hydrogen-bond donors (Lipinski definition) is 0. The van der Waals surface area contributed by atoms with Gasteiger partial charge in [0, 0.05) is 137 Å². The van der Waals surface area contributed by atoms with E-state index >= 15 is 0 Å². The maximum Gasteiger partial charge on any atom is 0.215 e. The van der Waals surface area contributed by atoms with Gasteiger partial charge in [-0.2, -0.15) is 22.8 Å². The summed E-state index contributed by atoms with van der Waals surface area (Å²) < 4.78 is 101. The minimum Gasteiger partial charge on any atom is -0.198 e. The van der Waals surface area contributed by atoms with E-state index in [0.29, 0.717) is 39.2 Å². The molecule has 0 bridgehead atoms. The molecule has 5 nitrogen and oxygen atoms in total. The zero-order valence-corrected chi connectivity index (χ0v) is 54.7. The van der Waals surface area contributed by atoms with Gasteiger partial charge in [-0.05, 0) is 203 Å². The quantitative estimate of drug-likeness (QED) is 0.153. The van der Waals surface area contributed by atoms with Gasteiger partial charge in [0.15, 0.2) is 28.5 Å². The van der Waals surface area contributed by atoms with Crippen molar-refractivity contribution in [3.8, 4) is 56.3 Å². The van der Waals surface area contributed by atoms with Gasteiger partial charge in [0.25, 0.3) is 0 Å². The molecular formula is C80H100N5+5. The summed E-state index contributed by atoms with van der Waals surface area (Å²) in [6.07, 6.45) is 0. The van der Waals surface area contributed by atoms with Gasteiger partial charge in [-0.3, -0.25) is 0 Å². The number of hydrogen-bond acceptors (Lipinski definition) is 0. The molecular weight excluding hydrogens is 1030 g/mol. The molecule has 0 spiro atoms. The molecule has 5 heterocycles. The van der Waals surface area contributed by atoms with Crippen molar-refractivity contribution in [3.05, 3.63) is 264 Å². The van der Waals surface area contributed by atoms with Crippen LogP contribution in [0.15, 0.2) is 152 Å². The Hall–Kier alpha value is -8.15. The van der Waals surface area contributed by atoms with E-state index in [1.165, 1.54) is 101 Å². The van der Waals surface area contributed by atoms with Crippen molar-refractivity contribution in [3.63, 3.8) is 0 Å². The van der Waals surface area contributed by atoms with Gasteiger partial charge in [-0.25, -0.2) is 0 Å². The van der Waals surface area contributed by atoms with E-state index in [0.717, 1.165) is 28.1 Å². The lowest BCUT2D eigenvalue weighted by molar-refractivity contribution is -0.667. The molecule has 85 heavy (non-hydrogen) atoms. The van der Waals surface area contributed by atoms with Crippen LogP contribution in [0, 0.1) is 138 Å². The van der Waals surface area contributed by atoms with E-state index in [2.05, 4.69) is 209 Å². The summed E-state index contributed by atoms with van der Waals surface area (Å²) in [7, 11) is 10.0. The lowest BCUT2D eigenvalue weighted by Crippen LogP contribution is -2.36. The molecule has 0 fully saturated rings. The van der Waals surface area contributed by atoms with E-state index in [-0.39, 0.29) is 0 Å². The molecule has 5 aromatic carbocycles. The monoisotopic (exact) mass is 1140 g/mol. The van der Waals surface area contributed by atoms with Gasteiger partial charge in [-0.1, -0.05) is 77.9 Å². The van der Waals surface area contributed by atoms with Gasteiger partial charge in [0.1, 0.15) is 35.2 Å². The Balaban J connectivity index is 0.000000193. The van der Waals surface area contributed by atoms with E-state index in [1.54, 1.807) is 87.0 Å². The SMILES string of the molecule is Cc1ccc(-c2ccc(C)c(C)[n+]2C)c(C)c1.Cc1cccc(-c2ccc(C)c(C)[n+]2C)c1C.Cc1ccccc1-c1c(C)c(C)cc(C)[n+]1C.[2H]C([2H])([2H])c1ccc(-c2ccc(C([2H])([2H])[2H])c(C)[n+]2C)c(C)c1.[2H]C([2H])([2H])c1cccc(-c2ccc(C([2H])([2H])[2H])c(C)[n+]2C)c1C. The Kier molecular flexibility index (Phi) is 16.9. The smallest absolute Gasteiger partial charge is 0.198 e. The summed E-state index contributed by atoms with van der Waals surface area (Å²) >= 11 is 0. The third-order valence-electron chi connectivity index (χ3n) is 17.5. The molecule has 0 saturated carbocycles. The first-order valence-electron chi connectivity index (χ1n) is 35.2. The predicted molar refractivity (Wildman–Crippen MR) is 360 cm³/mol. The molecule has 0 amide bonds. The highest BCUT2D eigenvalue weighted by molar-refractivity contribution is 5.67. The summed E-state index contributed by atoms with van der Waals surface area (Å²) in [6, 6.07) is 49.7. The summed E-state index contributed by atoms with van der Waals surface area (Å²) in [6.45, 7) is 24.6. The summed E-state index contributed by atoms with van der Waals surface area (Å²) in [5, 5.41) is 0. The van der Waals surface area contributed by atoms with Gasteiger partial charge in [0.2, 0.25) is 28.5 Å². The van der Waals surface area contributed by atoms with Crippen LogP contribution < -0.4 is 22.8 Å². The number of pyridine rings is 5.